The molecule has 1 fully saturated rings. The Hall–Kier alpha value is -4.56. The van der Waals surface area contributed by atoms with Gasteiger partial charge >= 0.3 is 12.4 Å². The fourth-order valence-corrected chi connectivity index (χ4v) is 4.81. The average Bonchev–Trinajstić information content (AvgIpc) is 3.56. The molecule has 10 nitrogen and oxygen atoms in total. The number of aliphatic imine (C=N–C) groups is 1. The number of methoxy groups -OCH3 is 1. The van der Waals surface area contributed by atoms with Crippen molar-refractivity contribution in [2.75, 3.05) is 23.1 Å². The number of aromatic nitrogens is 3. The second kappa shape index (κ2) is 11.5. The number of carbonyl (C=O) groups is 2. The zero-order valence-electron chi connectivity index (χ0n) is 20.9. The van der Waals surface area contributed by atoms with Gasteiger partial charge in [0.15, 0.2) is 11.0 Å². The normalized spacial score (nSPS) is 14.4. The largest absolute Gasteiger partial charge is 0.573 e. The number of nitrogens with one attached hydrogen (secondary N) is 1. The molecule has 210 valence electrons. The van der Waals surface area contributed by atoms with Crippen LogP contribution >= 0.6 is 23.4 Å². The Morgan fingerprint density at radius 2 is 1.83 bits per heavy atom. The van der Waals surface area contributed by atoms with Crippen molar-refractivity contribution < 1.29 is 32.2 Å². The Balaban J connectivity index is 1.26. The molecule has 0 saturated carbocycles. The van der Waals surface area contributed by atoms with Crippen LogP contribution in [0.15, 0.2) is 78.0 Å². The summed E-state index contributed by atoms with van der Waals surface area (Å²) in [7, 11) is 1.46. The highest BCUT2D eigenvalue weighted by atomic mass is 35.5. The van der Waals surface area contributed by atoms with Gasteiger partial charge in [-0.2, -0.15) is 4.99 Å². The van der Waals surface area contributed by atoms with Gasteiger partial charge in [-0.15, -0.1) is 18.3 Å². The Kier molecular flexibility index (Phi) is 7.85. The molecule has 41 heavy (non-hydrogen) atoms. The monoisotopic (exact) mass is 602 g/mol. The molecule has 3 aromatic carbocycles. The molecular formula is C26H18ClF3N6O4S. The number of hydrogen-bond donors (Lipinski definition) is 1. The highest BCUT2D eigenvalue weighted by molar-refractivity contribution is 8.15. The number of thioether (sulfide) groups is 1. The van der Waals surface area contributed by atoms with E-state index in [1.807, 2.05) is 0 Å². The van der Waals surface area contributed by atoms with Gasteiger partial charge < -0.3 is 14.8 Å². The smallest absolute Gasteiger partial charge is 0.495 e. The molecule has 0 unspecified atom stereocenters. The standard InChI is InChI=1S/C26H18ClF3N6O4S/c1-39-21-11-4-16(27)12-20(21)36-22(37)13-41-25(36)33-24(38)32-17-5-2-15(3-6-17)23-31-14-35(34-23)18-7-9-19(10-8-18)40-26(28,29)30/h2-12,14H,13H2,1H3,(H,32,38)/b33-25-. The first-order valence-corrected chi connectivity index (χ1v) is 13.0. The van der Waals surface area contributed by atoms with Crippen molar-refractivity contribution in [2.24, 2.45) is 4.99 Å². The number of carbonyl (C=O) groups excluding carboxylic acids is 2. The maximum atomic E-state index is 12.7. The number of nitrogens with zero attached hydrogens (tertiary/aromatic N) is 5. The third-order valence-electron chi connectivity index (χ3n) is 5.57. The van der Waals surface area contributed by atoms with Crippen LogP contribution in [-0.2, 0) is 4.79 Å². The number of benzene rings is 3. The fraction of sp³-hybridized carbons (Fsp3) is 0.115. The van der Waals surface area contributed by atoms with Gasteiger partial charge in [0, 0.05) is 16.3 Å². The number of hydrogen-bond acceptors (Lipinski definition) is 7. The quantitative estimate of drug-likeness (QED) is 0.281. The maximum absolute atomic E-state index is 12.7. The van der Waals surface area contributed by atoms with Crippen LogP contribution in [0.3, 0.4) is 0 Å². The molecule has 15 heteroatoms. The van der Waals surface area contributed by atoms with Crippen LogP contribution in [0.2, 0.25) is 5.02 Å². The number of amidine groups is 1. The van der Waals surface area contributed by atoms with Crippen molar-refractivity contribution in [3.63, 3.8) is 0 Å². The molecule has 0 bridgehead atoms. The molecule has 1 aromatic heterocycles. The summed E-state index contributed by atoms with van der Waals surface area (Å²) < 4.78 is 47.7. The second-order valence-corrected chi connectivity index (χ2v) is 9.67. The number of alkyl halides is 3. The second-order valence-electron chi connectivity index (χ2n) is 8.29. The fourth-order valence-electron chi connectivity index (χ4n) is 3.78. The van der Waals surface area contributed by atoms with Gasteiger partial charge in [-0.1, -0.05) is 23.4 Å². The Morgan fingerprint density at radius 3 is 2.51 bits per heavy atom. The van der Waals surface area contributed by atoms with Crippen LogP contribution in [0.4, 0.5) is 29.3 Å². The first-order valence-electron chi connectivity index (χ1n) is 11.7. The third-order valence-corrected chi connectivity index (χ3v) is 6.72. The molecule has 3 amide bonds. The number of anilines is 2. The summed E-state index contributed by atoms with van der Waals surface area (Å²) in [6.07, 6.45) is -3.36. The van der Waals surface area contributed by atoms with Crippen LogP contribution in [-0.4, -0.2) is 51.1 Å². The molecule has 1 aliphatic rings. The Bertz CT molecular complexity index is 1630. The lowest BCUT2D eigenvalue weighted by Crippen LogP contribution is -2.30. The highest BCUT2D eigenvalue weighted by Crippen LogP contribution is 2.36. The molecule has 4 aromatic rings. The lowest BCUT2D eigenvalue weighted by atomic mass is 10.2. The summed E-state index contributed by atoms with van der Waals surface area (Å²) in [6, 6.07) is 15.9. The molecule has 1 saturated heterocycles. The third kappa shape index (κ3) is 6.61. The minimum atomic E-state index is -4.78. The molecule has 0 atom stereocenters. The molecule has 2 heterocycles. The minimum Gasteiger partial charge on any atom is -0.495 e. The predicted molar refractivity (Wildman–Crippen MR) is 148 cm³/mol. The number of rotatable bonds is 6. The van der Waals surface area contributed by atoms with E-state index in [0.717, 1.165) is 11.8 Å². The van der Waals surface area contributed by atoms with E-state index in [1.165, 1.54) is 47.3 Å². The Labute approximate surface area is 239 Å². The van der Waals surface area contributed by atoms with Gasteiger partial charge in [0.1, 0.15) is 17.8 Å². The summed E-state index contributed by atoms with van der Waals surface area (Å²) in [4.78, 5) is 34.8. The lowest BCUT2D eigenvalue weighted by molar-refractivity contribution is -0.274. The zero-order valence-corrected chi connectivity index (χ0v) is 22.5. The summed E-state index contributed by atoms with van der Waals surface area (Å²) in [5.74, 6) is 0.230. The average molecular weight is 603 g/mol. The molecule has 1 aliphatic heterocycles. The van der Waals surface area contributed by atoms with Gasteiger partial charge in [-0.3, -0.25) is 9.69 Å². The number of halogens is 4. The van der Waals surface area contributed by atoms with E-state index < -0.39 is 12.4 Å². The van der Waals surface area contributed by atoms with Crippen LogP contribution in [0.1, 0.15) is 0 Å². The summed E-state index contributed by atoms with van der Waals surface area (Å²) in [5.41, 5.74) is 1.92. The van der Waals surface area contributed by atoms with Gasteiger partial charge in [-0.05, 0) is 66.7 Å². The highest BCUT2D eigenvalue weighted by Gasteiger charge is 2.33. The molecule has 1 N–H and O–H groups in total. The number of urea groups is 1. The van der Waals surface area contributed by atoms with Gasteiger partial charge in [0.25, 0.3) is 0 Å². The van der Waals surface area contributed by atoms with Crippen molar-refractivity contribution in [3.05, 3.63) is 78.1 Å². The van der Waals surface area contributed by atoms with Crippen molar-refractivity contribution in [2.45, 2.75) is 6.36 Å². The van der Waals surface area contributed by atoms with Crippen LogP contribution in [0.25, 0.3) is 17.1 Å². The van der Waals surface area contributed by atoms with Crippen molar-refractivity contribution >= 4 is 51.8 Å². The van der Waals surface area contributed by atoms with Gasteiger partial charge in [-0.25, -0.2) is 14.5 Å². The summed E-state index contributed by atoms with van der Waals surface area (Å²) in [5, 5.41) is 7.57. The van der Waals surface area contributed by atoms with Gasteiger partial charge in [0.2, 0.25) is 5.91 Å². The summed E-state index contributed by atoms with van der Waals surface area (Å²) >= 11 is 7.22. The molecule has 5 rings (SSSR count). The van der Waals surface area contributed by atoms with E-state index >= 15 is 0 Å². The van der Waals surface area contributed by atoms with Gasteiger partial charge in [0.05, 0.1) is 24.2 Å². The topological polar surface area (TPSA) is 111 Å². The van der Waals surface area contributed by atoms with Crippen LogP contribution < -0.4 is 19.7 Å². The summed E-state index contributed by atoms with van der Waals surface area (Å²) in [6.45, 7) is 0. The number of ether oxygens (including phenoxy) is 2. The molecule has 0 aliphatic carbocycles. The number of amides is 3. The molecule has 0 spiro atoms. The van der Waals surface area contributed by atoms with Crippen molar-refractivity contribution in [1.82, 2.24) is 14.8 Å². The minimum absolute atomic E-state index is 0.0988. The SMILES string of the molecule is COc1ccc(Cl)cc1N1C(=O)CS/C1=N\C(=O)Nc1ccc(-c2ncn(-c3ccc(OC(F)(F)F)cc3)n2)cc1. The van der Waals surface area contributed by atoms with Crippen LogP contribution in [0.5, 0.6) is 11.5 Å². The van der Waals surface area contributed by atoms with Crippen molar-refractivity contribution in [3.8, 4) is 28.6 Å². The molecular weight excluding hydrogens is 585 g/mol. The predicted octanol–water partition coefficient (Wildman–Crippen LogP) is 6.16. The first-order chi connectivity index (χ1) is 19.6. The van der Waals surface area contributed by atoms with E-state index in [1.54, 1.807) is 42.5 Å². The van der Waals surface area contributed by atoms with E-state index in [-0.39, 0.29) is 22.6 Å². The van der Waals surface area contributed by atoms with Crippen LogP contribution in [0, 0.1) is 0 Å². The Morgan fingerprint density at radius 1 is 1.10 bits per heavy atom. The lowest BCUT2D eigenvalue weighted by Gasteiger charge is -2.19. The zero-order chi connectivity index (χ0) is 29.1. The van der Waals surface area contributed by atoms with E-state index in [4.69, 9.17) is 16.3 Å². The van der Waals surface area contributed by atoms with E-state index in [9.17, 15) is 22.8 Å². The van der Waals surface area contributed by atoms with E-state index in [0.29, 0.717) is 39.2 Å². The van der Waals surface area contributed by atoms with Crippen molar-refractivity contribution in [1.29, 1.82) is 0 Å². The van der Waals surface area contributed by atoms with E-state index in [2.05, 4.69) is 25.1 Å². The maximum Gasteiger partial charge on any atom is 0.573 e. The first kappa shape index (κ1) is 28.0. The molecule has 0 radical (unpaired) electrons.